The Bertz CT molecular complexity index is 455. The monoisotopic (exact) mass is 283 g/mol. The molecule has 0 aromatic carbocycles. The van der Waals surface area contributed by atoms with Crippen LogP contribution in [-0.2, 0) is 0 Å². The lowest BCUT2D eigenvalue weighted by Gasteiger charge is -2.21. The Kier molecular flexibility index (Phi) is 6.10. The molecule has 8 heteroatoms. The Labute approximate surface area is 118 Å². The molecule has 0 radical (unpaired) electrons. The van der Waals surface area contributed by atoms with Crippen molar-refractivity contribution in [3.8, 4) is 0 Å². The molecule has 1 aromatic rings. The molecular weight excluding hydrogens is 262 g/mol. The maximum absolute atomic E-state index is 11.3. The predicted octanol–water partition coefficient (Wildman–Crippen LogP) is 1.41. The van der Waals surface area contributed by atoms with Crippen molar-refractivity contribution in [1.29, 1.82) is 0 Å². The van der Waals surface area contributed by atoms with E-state index in [4.69, 9.17) is 5.11 Å². The van der Waals surface area contributed by atoms with Crippen molar-refractivity contribution in [3.05, 3.63) is 16.4 Å². The zero-order chi connectivity index (χ0) is 15.1. The van der Waals surface area contributed by atoms with Crippen LogP contribution in [0.25, 0.3) is 0 Å². The summed E-state index contributed by atoms with van der Waals surface area (Å²) in [4.78, 5) is 20.5. The zero-order valence-electron chi connectivity index (χ0n) is 12.0. The molecular formula is C12H21N5O3. The fourth-order valence-corrected chi connectivity index (χ4v) is 1.74. The second-order valence-electron chi connectivity index (χ2n) is 4.41. The first-order chi connectivity index (χ1) is 9.54. The van der Waals surface area contributed by atoms with Crippen LogP contribution in [0, 0.1) is 10.1 Å². The van der Waals surface area contributed by atoms with Gasteiger partial charge in [0.25, 0.3) is 0 Å². The number of anilines is 2. The normalized spacial score (nSPS) is 12.0. The topological polar surface area (TPSA) is 104 Å². The molecule has 0 aliphatic heterocycles. The van der Waals surface area contributed by atoms with E-state index in [1.54, 1.807) is 4.90 Å². The van der Waals surface area contributed by atoms with Crippen LogP contribution in [0.2, 0.25) is 0 Å². The lowest BCUT2D eigenvalue weighted by molar-refractivity contribution is -0.383. The molecule has 1 rings (SSSR count). The van der Waals surface area contributed by atoms with Gasteiger partial charge < -0.3 is 15.3 Å². The minimum atomic E-state index is -0.486. The molecule has 1 heterocycles. The minimum absolute atomic E-state index is 0.0735. The fraction of sp³-hybridized carbons (Fsp3) is 0.667. The van der Waals surface area contributed by atoms with Gasteiger partial charge in [-0.15, -0.1) is 0 Å². The maximum atomic E-state index is 11.3. The number of hydrogen-bond donors (Lipinski definition) is 2. The van der Waals surface area contributed by atoms with E-state index in [1.165, 1.54) is 6.33 Å². The molecule has 112 valence electrons. The quantitative estimate of drug-likeness (QED) is 0.549. The first-order valence-corrected chi connectivity index (χ1v) is 6.66. The molecule has 20 heavy (non-hydrogen) atoms. The predicted molar refractivity (Wildman–Crippen MR) is 77.0 cm³/mol. The van der Waals surface area contributed by atoms with Crippen molar-refractivity contribution in [1.82, 2.24) is 9.97 Å². The SMILES string of the molecule is CCC(C)Nc1ncnc(N(CC)CCO)c1[N+](=O)[O-]. The van der Waals surface area contributed by atoms with E-state index in [-0.39, 0.29) is 36.5 Å². The van der Waals surface area contributed by atoms with E-state index in [0.717, 1.165) is 6.42 Å². The van der Waals surface area contributed by atoms with Gasteiger partial charge in [-0.25, -0.2) is 9.97 Å². The third-order valence-corrected chi connectivity index (χ3v) is 3.03. The summed E-state index contributed by atoms with van der Waals surface area (Å²) in [5, 5.41) is 23.4. The highest BCUT2D eigenvalue weighted by Gasteiger charge is 2.26. The number of aromatic nitrogens is 2. The number of aliphatic hydroxyl groups is 1. The van der Waals surface area contributed by atoms with Crippen LogP contribution in [0.4, 0.5) is 17.3 Å². The number of likely N-dealkylation sites (N-methyl/N-ethyl adjacent to an activating group) is 1. The van der Waals surface area contributed by atoms with Crippen LogP contribution in [0.15, 0.2) is 6.33 Å². The van der Waals surface area contributed by atoms with E-state index in [9.17, 15) is 10.1 Å². The van der Waals surface area contributed by atoms with Gasteiger partial charge in [0.15, 0.2) is 0 Å². The Morgan fingerprint density at radius 1 is 1.50 bits per heavy atom. The molecule has 0 aliphatic rings. The Morgan fingerprint density at radius 3 is 2.70 bits per heavy atom. The van der Waals surface area contributed by atoms with Gasteiger partial charge >= 0.3 is 5.69 Å². The van der Waals surface area contributed by atoms with Crippen molar-refractivity contribution in [2.75, 3.05) is 29.9 Å². The number of hydrogen-bond acceptors (Lipinski definition) is 7. The summed E-state index contributed by atoms with van der Waals surface area (Å²) >= 11 is 0. The van der Waals surface area contributed by atoms with Crippen molar-refractivity contribution in [3.63, 3.8) is 0 Å². The number of nitrogens with zero attached hydrogens (tertiary/aromatic N) is 4. The van der Waals surface area contributed by atoms with Crippen LogP contribution >= 0.6 is 0 Å². The average Bonchev–Trinajstić information content (AvgIpc) is 2.44. The zero-order valence-corrected chi connectivity index (χ0v) is 12.0. The Morgan fingerprint density at radius 2 is 2.20 bits per heavy atom. The second kappa shape index (κ2) is 7.59. The Hall–Kier alpha value is -1.96. The number of rotatable bonds is 8. The highest BCUT2D eigenvalue weighted by molar-refractivity contribution is 5.70. The molecule has 0 amide bonds. The molecule has 0 spiro atoms. The largest absolute Gasteiger partial charge is 0.395 e. The van der Waals surface area contributed by atoms with Gasteiger partial charge in [-0.3, -0.25) is 10.1 Å². The summed E-state index contributed by atoms with van der Waals surface area (Å²) in [5.74, 6) is 0.443. The van der Waals surface area contributed by atoms with Crippen LogP contribution in [0.3, 0.4) is 0 Å². The molecule has 0 saturated carbocycles. The van der Waals surface area contributed by atoms with Gasteiger partial charge in [-0.2, -0.15) is 0 Å². The van der Waals surface area contributed by atoms with Gasteiger partial charge in [-0.05, 0) is 20.3 Å². The molecule has 0 bridgehead atoms. The summed E-state index contributed by atoms with van der Waals surface area (Å²) in [7, 11) is 0. The van der Waals surface area contributed by atoms with Crippen LogP contribution < -0.4 is 10.2 Å². The molecule has 0 aliphatic carbocycles. The smallest absolute Gasteiger partial charge is 0.353 e. The van der Waals surface area contributed by atoms with Crippen LogP contribution in [0.5, 0.6) is 0 Å². The van der Waals surface area contributed by atoms with Gasteiger partial charge in [0, 0.05) is 19.1 Å². The van der Waals surface area contributed by atoms with Gasteiger partial charge in [0.1, 0.15) is 6.33 Å². The third-order valence-electron chi connectivity index (χ3n) is 3.03. The van der Waals surface area contributed by atoms with E-state index in [0.29, 0.717) is 6.54 Å². The van der Waals surface area contributed by atoms with E-state index in [2.05, 4.69) is 15.3 Å². The minimum Gasteiger partial charge on any atom is -0.395 e. The number of aliphatic hydroxyl groups excluding tert-OH is 1. The summed E-state index contributed by atoms with van der Waals surface area (Å²) in [6.07, 6.45) is 2.12. The summed E-state index contributed by atoms with van der Waals surface area (Å²) in [6.45, 7) is 6.47. The Balaban J connectivity index is 3.23. The molecule has 1 aromatic heterocycles. The molecule has 0 saturated heterocycles. The first-order valence-electron chi connectivity index (χ1n) is 6.66. The third kappa shape index (κ3) is 3.77. The van der Waals surface area contributed by atoms with E-state index in [1.807, 2.05) is 20.8 Å². The van der Waals surface area contributed by atoms with Gasteiger partial charge in [0.05, 0.1) is 11.5 Å². The highest BCUT2D eigenvalue weighted by atomic mass is 16.6. The highest BCUT2D eigenvalue weighted by Crippen LogP contribution is 2.32. The van der Waals surface area contributed by atoms with Gasteiger partial charge in [-0.1, -0.05) is 6.92 Å². The summed E-state index contributed by atoms with van der Waals surface area (Å²) in [6, 6.07) is 0.0735. The maximum Gasteiger partial charge on any atom is 0.353 e. The van der Waals surface area contributed by atoms with Crippen molar-refractivity contribution in [2.24, 2.45) is 0 Å². The lowest BCUT2D eigenvalue weighted by Crippen LogP contribution is -2.28. The fourth-order valence-electron chi connectivity index (χ4n) is 1.74. The molecule has 8 nitrogen and oxygen atoms in total. The average molecular weight is 283 g/mol. The van der Waals surface area contributed by atoms with Crippen LogP contribution in [-0.4, -0.2) is 45.7 Å². The van der Waals surface area contributed by atoms with Crippen molar-refractivity contribution >= 4 is 17.3 Å². The summed E-state index contributed by atoms with van der Waals surface area (Å²) in [5.41, 5.74) is -0.150. The molecule has 1 atom stereocenters. The van der Waals surface area contributed by atoms with Crippen LogP contribution in [0.1, 0.15) is 27.2 Å². The molecule has 2 N–H and O–H groups in total. The molecule has 0 fully saturated rings. The van der Waals surface area contributed by atoms with E-state index < -0.39 is 4.92 Å². The van der Waals surface area contributed by atoms with E-state index >= 15 is 0 Å². The number of nitrogens with one attached hydrogen (secondary N) is 1. The summed E-state index contributed by atoms with van der Waals surface area (Å²) < 4.78 is 0. The van der Waals surface area contributed by atoms with Gasteiger partial charge in [0.2, 0.25) is 11.6 Å². The standard InChI is InChI=1S/C12H21N5O3/c1-4-9(3)15-11-10(17(19)20)12(14-8-13-11)16(5-2)6-7-18/h8-9,18H,4-7H2,1-3H3,(H,13,14,15). The number of nitro groups is 1. The second-order valence-corrected chi connectivity index (χ2v) is 4.41. The first kappa shape index (κ1) is 16.1. The lowest BCUT2D eigenvalue weighted by atomic mass is 10.2. The van der Waals surface area contributed by atoms with Crippen molar-refractivity contribution < 1.29 is 10.0 Å². The van der Waals surface area contributed by atoms with Crippen molar-refractivity contribution in [2.45, 2.75) is 33.2 Å². The molecule has 1 unspecified atom stereocenters.